The summed E-state index contributed by atoms with van der Waals surface area (Å²) in [6.45, 7) is 2.03. The van der Waals surface area contributed by atoms with Crippen LogP contribution >= 0.6 is 11.3 Å². The zero-order valence-corrected chi connectivity index (χ0v) is 12.8. The highest BCUT2D eigenvalue weighted by Gasteiger charge is 2.08. The van der Waals surface area contributed by atoms with Crippen LogP contribution in [-0.2, 0) is 23.0 Å². The van der Waals surface area contributed by atoms with Gasteiger partial charge in [0.1, 0.15) is 0 Å². The smallest absolute Gasteiger partial charge is 0.311 e. The van der Waals surface area contributed by atoms with Gasteiger partial charge in [0.15, 0.2) is 11.4 Å². The van der Waals surface area contributed by atoms with Gasteiger partial charge in [0, 0.05) is 18.1 Å². The van der Waals surface area contributed by atoms with Gasteiger partial charge in [-0.25, -0.2) is 4.99 Å². The van der Waals surface area contributed by atoms with Gasteiger partial charge >= 0.3 is 5.97 Å². The number of esters is 1. The fourth-order valence-corrected chi connectivity index (χ4v) is 2.71. The summed E-state index contributed by atoms with van der Waals surface area (Å²) >= 11 is 1.60. The van der Waals surface area contributed by atoms with Gasteiger partial charge in [0.05, 0.1) is 12.1 Å². The van der Waals surface area contributed by atoms with Crippen LogP contribution in [0.3, 0.4) is 0 Å². The molecule has 0 aliphatic carbocycles. The molecular weight excluding hydrogens is 284 g/mol. The molecule has 0 radical (unpaired) electrons. The Morgan fingerprint density at radius 2 is 2.24 bits per heavy atom. The molecule has 1 aromatic carbocycles. The Hall–Kier alpha value is -2.32. The first-order valence-corrected chi connectivity index (χ1v) is 7.26. The van der Waals surface area contributed by atoms with Gasteiger partial charge in [-0.3, -0.25) is 4.79 Å². The molecule has 1 aromatic heterocycles. The molecule has 2 aromatic rings. The summed E-state index contributed by atoms with van der Waals surface area (Å²) in [6.07, 6.45) is 7.26. The SMILES string of the molecule is C#CCOC(=O)Cc1ccccc1N=c1sc(C)cn1C. The number of terminal acetylenes is 1. The van der Waals surface area contributed by atoms with E-state index in [4.69, 9.17) is 11.2 Å². The molecule has 0 bridgehead atoms. The second-order valence-corrected chi connectivity index (χ2v) is 5.73. The number of rotatable bonds is 4. The number of para-hydroxylation sites is 1. The summed E-state index contributed by atoms with van der Waals surface area (Å²) in [5.41, 5.74) is 1.60. The molecule has 0 aliphatic heterocycles. The van der Waals surface area contributed by atoms with E-state index in [1.165, 1.54) is 4.88 Å². The first-order valence-electron chi connectivity index (χ1n) is 6.45. The number of hydrogen-bond acceptors (Lipinski definition) is 4. The van der Waals surface area contributed by atoms with Gasteiger partial charge < -0.3 is 9.30 Å². The second kappa shape index (κ2) is 6.91. The second-order valence-electron chi connectivity index (χ2n) is 4.52. The number of ether oxygens (including phenoxy) is 1. The van der Waals surface area contributed by atoms with Crippen molar-refractivity contribution in [2.75, 3.05) is 6.61 Å². The van der Waals surface area contributed by atoms with Crippen molar-refractivity contribution in [1.29, 1.82) is 0 Å². The summed E-state index contributed by atoms with van der Waals surface area (Å²) in [6, 6.07) is 7.54. The first-order chi connectivity index (χ1) is 10.1. The molecule has 0 saturated carbocycles. The van der Waals surface area contributed by atoms with E-state index < -0.39 is 0 Å². The third kappa shape index (κ3) is 4.07. The molecule has 0 spiro atoms. The molecule has 108 valence electrons. The van der Waals surface area contributed by atoms with E-state index in [0.29, 0.717) is 0 Å². The lowest BCUT2D eigenvalue weighted by molar-refractivity contribution is -0.141. The van der Waals surface area contributed by atoms with Crippen LogP contribution < -0.4 is 4.80 Å². The summed E-state index contributed by atoms with van der Waals surface area (Å²) in [7, 11) is 1.95. The molecular formula is C16H16N2O2S. The highest BCUT2D eigenvalue weighted by Crippen LogP contribution is 2.19. The lowest BCUT2D eigenvalue weighted by Crippen LogP contribution is -2.10. The van der Waals surface area contributed by atoms with Crippen molar-refractivity contribution in [2.24, 2.45) is 12.0 Å². The largest absolute Gasteiger partial charge is 0.452 e. The van der Waals surface area contributed by atoms with Gasteiger partial charge in [-0.15, -0.1) is 17.8 Å². The first kappa shape index (κ1) is 15.1. The number of nitrogens with zero attached hydrogens (tertiary/aromatic N) is 2. The molecule has 2 rings (SSSR count). The topological polar surface area (TPSA) is 43.6 Å². The number of thiazole rings is 1. The molecule has 0 atom stereocenters. The molecule has 0 fully saturated rings. The maximum atomic E-state index is 11.7. The number of benzene rings is 1. The number of aromatic nitrogens is 1. The van der Waals surface area contributed by atoms with Crippen molar-refractivity contribution in [2.45, 2.75) is 13.3 Å². The zero-order valence-electron chi connectivity index (χ0n) is 12.0. The number of hydrogen-bond donors (Lipinski definition) is 0. The van der Waals surface area contributed by atoms with E-state index in [-0.39, 0.29) is 19.0 Å². The Morgan fingerprint density at radius 1 is 1.48 bits per heavy atom. The van der Waals surface area contributed by atoms with Crippen molar-refractivity contribution in [3.05, 3.63) is 45.7 Å². The van der Waals surface area contributed by atoms with Gasteiger partial charge in [-0.2, -0.15) is 0 Å². The third-order valence-electron chi connectivity index (χ3n) is 2.79. The van der Waals surface area contributed by atoms with E-state index in [2.05, 4.69) is 10.9 Å². The minimum absolute atomic E-state index is 0.00276. The maximum absolute atomic E-state index is 11.7. The van der Waals surface area contributed by atoms with Gasteiger partial charge in [0.2, 0.25) is 0 Å². The molecule has 1 heterocycles. The predicted octanol–water partition coefficient (Wildman–Crippen LogP) is 2.35. The monoisotopic (exact) mass is 300 g/mol. The zero-order chi connectivity index (χ0) is 15.2. The molecule has 0 aliphatic rings. The molecule has 4 nitrogen and oxygen atoms in total. The fraction of sp³-hybridized carbons (Fsp3) is 0.250. The number of carbonyl (C=O) groups excluding carboxylic acids is 1. The van der Waals surface area contributed by atoms with Crippen LogP contribution in [0.25, 0.3) is 0 Å². The van der Waals surface area contributed by atoms with Gasteiger partial charge in [-0.1, -0.05) is 24.1 Å². The maximum Gasteiger partial charge on any atom is 0.311 e. The van der Waals surface area contributed by atoms with Crippen LogP contribution in [0.2, 0.25) is 0 Å². The lowest BCUT2D eigenvalue weighted by Gasteiger charge is -2.04. The standard InChI is InChI=1S/C16H16N2O2S/c1-4-9-20-15(19)10-13-7-5-6-8-14(13)17-16-18(3)11-12(2)21-16/h1,5-8,11H,9-10H2,2-3H3. The molecule has 0 N–H and O–H groups in total. The third-order valence-corrected chi connectivity index (χ3v) is 3.78. The van der Waals surface area contributed by atoms with E-state index in [0.717, 1.165) is 16.1 Å². The van der Waals surface area contributed by atoms with Gasteiger partial charge in [-0.05, 0) is 18.6 Å². The van der Waals surface area contributed by atoms with Crippen LogP contribution in [0.1, 0.15) is 10.4 Å². The summed E-state index contributed by atoms with van der Waals surface area (Å²) in [5, 5.41) is 0. The van der Waals surface area contributed by atoms with Crippen LogP contribution in [0, 0.1) is 19.3 Å². The Bertz CT molecular complexity index is 750. The van der Waals surface area contributed by atoms with Crippen LogP contribution in [0.15, 0.2) is 35.5 Å². The van der Waals surface area contributed by atoms with Crippen LogP contribution in [0.5, 0.6) is 0 Å². The highest BCUT2D eigenvalue weighted by atomic mass is 32.1. The van der Waals surface area contributed by atoms with Crippen molar-refractivity contribution < 1.29 is 9.53 Å². The summed E-state index contributed by atoms with van der Waals surface area (Å²) in [5.74, 6) is 1.94. The molecule has 0 saturated heterocycles. The Balaban J connectivity index is 2.30. The van der Waals surface area contributed by atoms with E-state index >= 15 is 0 Å². The minimum atomic E-state index is -0.345. The number of aryl methyl sites for hydroxylation is 2. The van der Waals surface area contributed by atoms with Crippen molar-refractivity contribution in [3.8, 4) is 12.3 Å². The van der Waals surface area contributed by atoms with Crippen molar-refractivity contribution in [1.82, 2.24) is 4.57 Å². The van der Waals surface area contributed by atoms with E-state index in [1.807, 2.05) is 49.0 Å². The minimum Gasteiger partial charge on any atom is -0.452 e. The Morgan fingerprint density at radius 3 is 2.90 bits per heavy atom. The molecule has 0 amide bonds. The quantitative estimate of drug-likeness (QED) is 0.642. The number of carbonyl (C=O) groups is 1. The normalized spacial score (nSPS) is 11.2. The highest BCUT2D eigenvalue weighted by molar-refractivity contribution is 7.09. The van der Waals surface area contributed by atoms with E-state index in [1.54, 1.807) is 11.3 Å². The van der Waals surface area contributed by atoms with Crippen LogP contribution in [-0.4, -0.2) is 17.1 Å². The Labute approximate surface area is 127 Å². The average molecular weight is 300 g/mol. The predicted molar refractivity (Wildman–Crippen MR) is 83.2 cm³/mol. The lowest BCUT2D eigenvalue weighted by atomic mass is 10.1. The Kier molecular flexibility index (Phi) is 4.96. The van der Waals surface area contributed by atoms with E-state index in [9.17, 15) is 4.79 Å². The molecule has 5 heteroatoms. The summed E-state index contributed by atoms with van der Waals surface area (Å²) < 4.78 is 6.87. The van der Waals surface area contributed by atoms with Crippen LogP contribution in [0.4, 0.5) is 5.69 Å². The molecule has 21 heavy (non-hydrogen) atoms. The average Bonchev–Trinajstić information content (AvgIpc) is 2.77. The van der Waals surface area contributed by atoms with Gasteiger partial charge in [0.25, 0.3) is 0 Å². The molecule has 0 unspecified atom stereocenters. The van der Waals surface area contributed by atoms with Crippen molar-refractivity contribution in [3.63, 3.8) is 0 Å². The van der Waals surface area contributed by atoms with Crippen molar-refractivity contribution >= 4 is 23.0 Å². The summed E-state index contributed by atoms with van der Waals surface area (Å²) in [4.78, 5) is 18.4. The fourth-order valence-electron chi connectivity index (χ4n) is 1.87.